The summed E-state index contributed by atoms with van der Waals surface area (Å²) in [5, 5.41) is 0. The highest BCUT2D eigenvalue weighted by atomic mass is 16.6. The quantitative estimate of drug-likeness (QED) is 0.0261. The highest BCUT2D eigenvalue weighted by Crippen LogP contribution is 2.16. The Labute approximate surface area is 482 Å². The van der Waals surface area contributed by atoms with Gasteiger partial charge in [0.1, 0.15) is 13.2 Å². The second-order valence-corrected chi connectivity index (χ2v) is 21.3. The molecule has 6 nitrogen and oxygen atoms in total. The molecule has 0 aromatic rings. The molecular weight excluding hydrogens is 961 g/mol. The van der Waals surface area contributed by atoms with E-state index in [9.17, 15) is 14.4 Å². The van der Waals surface area contributed by atoms with Crippen molar-refractivity contribution in [1.82, 2.24) is 0 Å². The number of rotatable bonds is 58. The van der Waals surface area contributed by atoms with Gasteiger partial charge in [-0.15, -0.1) is 0 Å². The van der Waals surface area contributed by atoms with Gasteiger partial charge in [-0.2, -0.15) is 0 Å². The minimum Gasteiger partial charge on any atom is -0.462 e. The third kappa shape index (κ3) is 62.7. The predicted octanol–water partition coefficient (Wildman–Crippen LogP) is 22.4. The minimum atomic E-state index is -0.788. The molecule has 0 radical (unpaired) electrons. The van der Waals surface area contributed by atoms with E-state index in [-0.39, 0.29) is 31.1 Å². The fourth-order valence-electron chi connectivity index (χ4n) is 8.84. The first-order valence-corrected chi connectivity index (χ1v) is 32.5. The van der Waals surface area contributed by atoms with Crippen LogP contribution in [-0.2, 0) is 28.6 Å². The van der Waals surface area contributed by atoms with Gasteiger partial charge in [0.2, 0.25) is 0 Å². The molecule has 0 fully saturated rings. The first kappa shape index (κ1) is 73.8. The monoisotopic (exact) mass is 1080 g/mol. The first-order chi connectivity index (χ1) is 38.5. The molecule has 0 bridgehead atoms. The number of unbranched alkanes of at least 4 members (excludes halogenated alkanes) is 27. The zero-order valence-corrected chi connectivity index (χ0v) is 50.9. The van der Waals surface area contributed by atoms with Gasteiger partial charge in [-0.1, -0.05) is 284 Å². The second kappa shape index (κ2) is 65.3. The van der Waals surface area contributed by atoms with E-state index in [1.807, 2.05) is 0 Å². The molecule has 0 amide bonds. The number of hydrogen-bond donors (Lipinski definition) is 0. The first-order valence-electron chi connectivity index (χ1n) is 32.5. The topological polar surface area (TPSA) is 78.9 Å². The van der Waals surface area contributed by atoms with Crippen LogP contribution in [0.15, 0.2) is 122 Å². The third-order valence-electron chi connectivity index (χ3n) is 13.7. The summed E-state index contributed by atoms with van der Waals surface area (Å²) in [5.41, 5.74) is 0. The van der Waals surface area contributed by atoms with Crippen molar-refractivity contribution in [3.8, 4) is 0 Å². The van der Waals surface area contributed by atoms with Gasteiger partial charge in [-0.3, -0.25) is 14.4 Å². The second-order valence-electron chi connectivity index (χ2n) is 21.3. The van der Waals surface area contributed by atoms with Gasteiger partial charge in [-0.25, -0.2) is 0 Å². The van der Waals surface area contributed by atoms with Crippen molar-refractivity contribution in [3.05, 3.63) is 122 Å². The third-order valence-corrected chi connectivity index (χ3v) is 13.7. The maximum atomic E-state index is 12.9. The molecule has 0 N–H and O–H groups in total. The van der Waals surface area contributed by atoms with E-state index in [0.717, 1.165) is 135 Å². The largest absolute Gasteiger partial charge is 0.462 e. The van der Waals surface area contributed by atoms with Crippen molar-refractivity contribution in [2.24, 2.45) is 0 Å². The number of ether oxygens (including phenoxy) is 3. The summed E-state index contributed by atoms with van der Waals surface area (Å²) in [6, 6.07) is 0. The van der Waals surface area contributed by atoms with Crippen molar-refractivity contribution in [2.75, 3.05) is 13.2 Å². The van der Waals surface area contributed by atoms with Gasteiger partial charge in [0.05, 0.1) is 0 Å². The Kier molecular flexibility index (Phi) is 61.8. The van der Waals surface area contributed by atoms with E-state index in [0.29, 0.717) is 19.3 Å². The Morgan fingerprint density at radius 1 is 0.269 bits per heavy atom. The average Bonchev–Trinajstić information content (AvgIpc) is 3.44. The zero-order chi connectivity index (χ0) is 56.4. The summed E-state index contributed by atoms with van der Waals surface area (Å²) in [4.78, 5) is 38.0. The van der Waals surface area contributed by atoms with Crippen LogP contribution in [-0.4, -0.2) is 37.2 Å². The molecular formula is C72H120O6. The van der Waals surface area contributed by atoms with Crippen molar-refractivity contribution in [1.29, 1.82) is 0 Å². The molecule has 6 heteroatoms. The molecule has 1 unspecified atom stereocenters. The molecule has 0 aromatic carbocycles. The summed E-state index contributed by atoms with van der Waals surface area (Å²) < 4.78 is 16.8. The Hall–Kier alpha value is -4.19. The van der Waals surface area contributed by atoms with Gasteiger partial charge < -0.3 is 14.2 Å². The van der Waals surface area contributed by atoms with Crippen LogP contribution >= 0.6 is 0 Å². The number of carbonyl (C=O) groups excluding carboxylic acids is 3. The van der Waals surface area contributed by atoms with E-state index in [1.54, 1.807) is 0 Å². The lowest BCUT2D eigenvalue weighted by atomic mass is 10.0. The van der Waals surface area contributed by atoms with Crippen LogP contribution in [0.2, 0.25) is 0 Å². The molecule has 0 saturated carbocycles. The van der Waals surface area contributed by atoms with Crippen LogP contribution in [0.25, 0.3) is 0 Å². The van der Waals surface area contributed by atoms with Gasteiger partial charge in [-0.05, 0) is 116 Å². The van der Waals surface area contributed by atoms with E-state index >= 15 is 0 Å². The van der Waals surface area contributed by atoms with Crippen molar-refractivity contribution < 1.29 is 28.6 Å². The van der Waals surface area contributed by atoms with Crippen LogP contribution in [0.1, 0.15) is 297 Å². The Bertz CT molecular complexity index is 1620. The summed E-state index contributed by atoms with van der Waals surface area (Å²) >= 11 is 0. The maximum absolute atomic E-state index is 12.9. The number of esters is 3. The Balaban J connectivity index is 4.16. The summed E-state index contributed by atoms with van der Waals surface area (Å²) in [5.74, 6) is -0.915. The lowest BCUT2D eigenvalue weighted by Gasteiger charge is -2.18. The predicted molar refractivity (Wildman–Crippen MR) is 339 cm³/mol. The average molecular weight is 1080 g/mol. The van der Waals surface area contributed by atoms with Gasteiger partial charge in [0.25, 0.3) is 0 Å². The molecule has 0 aliphatic carbocycles. The van der Waals surface area contributed by atoms with Crippen molar-refractivity contribution >= 4 is 17.9 Å². The van der Waals surface area contributed by atoms with Gasteiger partial charge >= 0.3 is 17.9 Å². The Morgan fingerprint density at radius 2 is 0.500 bits per heavy atom. The fourth-order valence-corrected chi connectivity index (χ4v) is 8.84. The van der Waals surface area contributed by atoms with Crippen LogP contribution in [0.4, 0.5) is 0 Å². The van der Waals surface area contributed by atoms with E-state index in [1.165, 1.54) is 122 Å². The van der Waals surface area contributed by atoms with Crippen LogP contribution in [0, 0.1) is 0 Å². The number of carbonyl (C=O) groups is 3. The van der Waals surface area contributed by atoms with Crippen LogP contribution < -0.4 is 0 Å². The molecule has 0 aromatic heterocycles. The fraction of sp³-hybridized carbons (Fsp3) is 0.681. The summed E-state index contributed by atoms with van der Waals surface area (Å²) in [6.45, 7) is 6.45. The molecule has 78 heavy (non-hydrogen) atoms. The van der Waals surface area contributed by atoms with Crippen LogP contribution in [0.5, 0.6) is 0 Å². The van der Waals surface area contributed by atoms with Gasteiger partial charge in [0.15, 0.2) is 6.10 Å². The number of hydrogen-bond acceptors (Lipinski definition) is 6. The summed E-state index contributed by atoms with van der Waals surface area (Å²) in [6.07, 6.45) is 91.0. The van der Waals surface area contributed by atoms with Crippen molar-refractivity contribution in [2.45, 2.75) is 303 Å². The molecule has 0 spiro atoms. The molecule has 0 rings (SSSR count). The number of allylic oxidation sites excluding steroid dienone is 20. The summed E-state index contributed by atoms with van der Waals surface area (Å²) in [7, 11) is 0. The smallest absolute Gasteiger partial charge is 0.306 e. The highest BCUT2D eigenvalue weighted by molar-refractivity contribution is 5.71. The van der Waals surface area contributed by atoms with E-state index in [4.69, 9.17) is 14.2 Å². The maximum Gasteiger partial charge on any atom is 0.306 e. The molecule has 0 aliphatic rings. The van der Waals surface area contributed by atoms with Crippen LogP contribution in [0.3, 0.4) is 0 Å². The minimum absolute atomic E-state index is 0.0864. The molecule has 0 heterocycles. The Morgan fingerprint density at radius 3 is 0.782 bits per heavy atom. The molecule has 0 aliphatic heterocycles. The lowest BCUT2D eigenvalue weighted by molar-refractivity contribution is -0.167. The molecule has 1 atom stereocenters. The SMILES string of the molecule is CC/C=C\C/C=C\C/C=C\C/C=C\C/C=C\C/C=C\C/C=C\CCCCCCCC(=O)OCC(COC(=O)CCCCCCCC)OC(=O)CCCCCCCCCCCCCC/C=C\C/C=C\C/C=C\CCCCCCC. The molecule has 0 saturated heterocycles. The van der Waals surface area contributed by atoms with Crippen molar-refractivity contribution in [3.63, 3.8) is 0 Å². The van der Waals surface area contributed by atoms with E-state index < -0.39 is 6.10 Å². The van der Waals surface area contributed by atoms with E-state index in [2.05, 4.69) is 142 Å². The normalized spacial score (nSPS) is 12.9. The van der Waals surface area contributed by atoms with Gasteiger partial charge in [0, 0.05) is 19.3 Å². The standard InChI is InChI=1S/C72H120O6/c1-4-7-10-13-16-18-20-22-24-26-28-30-32-34-36-38-40-42-44-46-48-50-52-54-56-59-62-65-71(74)77-68-69(67-76-70(73)64-61-58-15-12-9-6-3)78-72(75)66-63-60-57-55-53-51-49-47-45-43-41-39-37-35-33-31-29-27-25-23-21-19-17-14-11-8-5-2/h7,10,16,18,21-24,27-30,33-36,40,42,46,48,69H,4-6,8-9,11-15,17,19-20,25-26,31-32,37-39,41,43-45,47,49-68H2,1-3H3/b10-7-,18-16-,23-21-,24-22-,29-27-,30-28-,35-33-,36-34-,42-40-,48-46-. The lowest BCUT2D eigenvalue weighted by Crippen LogP contribution is -2.30. The highest BCUT2D eigenvalue weighted by Gasteiger charge is 2.19. The zero-order valence-electron chi connectivity index (χ0n) is 50.9. The molecule has 444 valence electrons.